The highest BCUT2D eigenvalue weighted by Gasteiger charge is 2.12. The van der Waals surface area contributed by atoms with Crippen molar-refractivity contribution in [3.63, 3.8) is 0 Å². The van der Waals surface area contributed by atoms with Crippen LogP contribution in [0, 0.1) is 17.4 Å². The van der Waals surface area contributed by atoms with Gasteiger partial charge in [-0.3, -0.25) is 0 Å². The highest BCUT2D eigenvalue weighted by molar-refractivity contribution is 14.1. The number of benzene rings is 2. The summed E-state index contributed by atoms with van der Waals surface area (Å²) in [6.07, 6.45) is 1.87. The Balaban J connectivity index is 1.63. The van der Waals surface area contributed by atoms with Crippen LogP contribution in [0.4, 0.5) is 5.95 Å². The van der Waals surface area contributed by atoms with Crippen LogP contribution in [0.5, 0.6) is 0 Å². The Morgan fingerprint density at radius 2 is 1.86 bits per heavy atom. The fourth-order valence-electron chi connectivity index (χ4n) is 3.56. The van der Waals surface area contributed by atoms with E-state index in [-0.39, 0.29) is 0 Å². The number of hydrogen-bond donors (Lipinski definition) is 1. The monoisotopic (exact) mass is 483 g/mol. The molecule has 2 aromatic heterocycles. The molecule has 0 spiro atoms. The summed E-state index contributed by atoms with van der Waals surface area (Å²) in [7, 11) is 0. The van der Waals surface area contributed by atoms with E-state index in [2.05, 4.69) is 104 Å². The first-order valence-electron chi connectivity index (χ1n) is 9.28. The van der Waals surface area contributed by atoms with Crippen LogP contribution in [0.25, 0.3) is 16.7 Å². The van der Waals surface area contributed by atoms with Gasteiger partial charge in [0, 0.05) is 27.1 Å². The lowest BCUT2D eigenvalue weighted by molar-refractivity contribution is 0.791. The summed E-state index contributed by atoms with van der Waals surface area (Å²) < 4.78 is 5.62. The summed E-state index contributed by atoms with van der Waals surface area (Å²) in [5.74, 6) is 0.756. The standard InChI is InChI=1S/C22H22IN5/c1-4-27-21-12-8-6-10-19(21)25-22(27)26-24-14-17-13-15(2)28(16(17)3)20-11-7-5-9-18(20)23/h5-14H,4H2,1-3H3,(H,25,26)/b24-14-. The first-order valence-corrected chi connectivity index (χ1v) is 10.4. The van der Waals surface area contributed by atoms with E-state index in [0.29, 0.717) is 0 Å². The normalized spacial score (nSPS) is 11.6. The zero-order chi connectivity index (χ0) is 19.7. The van der Waals surface area contributed by atoms with Gasteiger partial charge in [-0.2, -0.15) is 5.10 Å². The maximum atomic E-state index is 4.65. The van der Waals surface area contributed by atoms with Crippen LogP contribution in [-0.2, 0) is 6.54 Å². The predicted molar refractivity (Wildman–Crippen MR) is 125 cm³/mol. The highest BCUT2D eigenvalue weighted by Crippen LogP contribution is 2.24. The number of imidazole rings is 1. The van der Waals surface area contributed by atoms with Crippen molar-refractivity contribution < 1.29 is 0 Å². The molecule has 0 amide bonds. The molecule has 0 bridgehead atoms. The van der Waals surface area contributed by atoms with E-state index >= 15 is 0 Å². The fraction of sp³-hybridized carbons (Fsp3) is 0.182. The van der Waals surface area contributed by atoms with Crippen molar-refractivity contribution in [3.8, 4) is 5.69 Å². The number of aromatic nitrogens is 3. The molecule has 4 aromatic rings. The molecule has 0 aliphatic carbocycles. The van der Waals surface area contributed by atoms with Crippen molar-refractivity contribution in [1.82, 2.24) is 14.1 Å². The minimum atomic E-state index is 0.756. The Morgan fingerprint density at radius 3 is 2.64 bits per heavy atom. The maximum Gasteiger partial charge on any atom is 0.224 e. The van der Waals surface area contributed by atoms with E-state index < -0.39 is 0 Å². The number of hydrazone groups is 1. The van der Waals surface area contributed by atoms with Crippen LogP contribution >= 0.6 is 22.6 Å². The summed E-state index contributed by atoms with van der Waals surface area (Å²) in [4.78, 5) is 4.65. The van der Waals surface area contributed by atoms with Crippen LogP contribution in [0.15, 0.2) is 59.7 Å². The quantitative estimate of drug-likeness (QED) is 0.231. The van der Waals surface area contributed by atoms with Crippen LogP contribution in [0.3, 0.4) is 0 Å². The van der Waals surface area contributed by atoms with Crippen LogP contribution in [-0.4, -0.2) is 20.3 Å². The van der Waals surface area contributed by atoms with Gasteiger partial charge in [0.05, 0.1) is 22.9 Å². The van der Waals surface area contributed by atoms with Gasteiger partial charge >= 0.3 is 0 Å². The van der Waals surface area contributed by atoms with Crippen molar-refractivity contribution in [2.75, 3.05) is 5.43 Å². The summed E-state index contributed by atoms with van der Waals surface area (Å²) >= 11 is 2.38. The minimum absolute atomic E-state index is 0.756. The van der Waals surface area contributed by atoms with E-state index in [1.165, 1.54) is 15.0 Å². The topological polar surface area (TPSA) is 47.1 Å². The number of rotatable bonds is 5. The molecule has 5 nitrogen and oxygen atoms in total. The van der Waals surface area contributed by atoms with Gasteiger partial charge in [0.1, 0.15) is 0 Å². The first-order chi connectivity index (χ1) is 13.6. The van der Waals surface area contributed by atoms with E-state index in [1.807, 2.05) is 24.4 Å². The van der Waals surface area contributed by atoms with Crippen LogP contribution < -0.4 is 5.43 Å². The van der Waals surface area contributed by atoms with E-state index in [4.69, 9.17) is 0 Å². The lowest BCUT2D eigenvalue weighted by atomic mass is 10.2. The Hall–Kier alpha value is -2.61. The molecule has 0 unspecified atom stereocenters. The summed E-state index contributed by atoms with van der Waals surface area (Å²) in [5.41, 5.74) is 9.83. The predicted octanol–water partition coefficient (Wildman–Crippen LogP) is 5.51. The largest absolute Gasteiger partial charge is 0.317 e. The molecule has 0 radical (unpaired) electrons. The van der Waals surface area contributed by atoms with Crippen molar-refractivity contribution in [3.05, 3.63) is 75.1 Å². The number of anilines is 1. The third-order valence-corrected chi connectivity index (χ3v) is 5.81. The molecule has 2 aromatic carbocycles. The van der Waals surface area contributed by atoms with Gasteiger partial charge in [-0.15, -0.1) is 0 Å². The molecule has 0 aliphatic rings. The average Bonchev–Trinajstić information content (AvgIpc) is 3.19. The smallest absolute Gasteiger partial charge is 0.224 e. The lowest BCUT2D eigenvalue weighted by Crippen LogP contribution is -2.03. The van der Waals surface area contributed by atoms with Crippen molar-refractivity contribution in [2.45, 2.75) is 27.3 Å². The van der Waals surface area contributed by atoms with E-state index in [1.54, 1.807) is 0 Å². The van der Waals surface area contributed by atoms with Gasteiger partial charge in [0.15, 0.2) is 0 Å². The highest BCUT2D eigenvalue weighted by atomic mass is 127. The summed E-state index contributed by atoms with van der Waals surface area (Å²) in [5, 5.41) is 4.47. The van der Waals surface area contributed by atoms with E-state index in [0.717, 1.165) is 34.8 Å². The van der Waals surface area contributed by atoms with Gasteiger partial charge < -0.3 is 9.13 Å². The number of nitrogens with one attached hydrogen (secondary N) is 1. The van der Waals surface area contributed by atoms with Gasteiger partial charge in [-0.25, -0.2) is 10.4 Å². The Morgan fingerprint density at radius 1 is 1.11 bits per heavy atom. The second-order valence-corrected chi connectivity index (χ2v) is 7.81. The molecule has 6 heteroatoms. The second-order valence-electron chi connectivity index (χ2n) is 6.65. The molecule has 0 saturated heterocycles. The number of nitrogens with zero attached hydrogens (tertiary/aromatic N) is 4. The molecule has 4 rings (SSSR count). The van der Waals surface area contributed by atoms with Crippen LogP contribution in [0.2, 0.25) is 0 Å². The van der Waals surface area contributed by atoms with Gasteiger partial charge in [-0.1, -0.05) is 24.3 Å². The van der Waals surface area contributed by atoms with Gasteiger partial charge in [0.2, 0.25) is 5.95 Å². The molecule has 28 heavy (non-hydrogen) atoms. The van der Waals surface area contributed by atoms with Crippen LogP contribution in [0.1, 0.15) is 23.9 Å². The van der Waals surface area contributed by atoms with E-state index in [9.17, 15) is 0 Å². The number of fused-ring (bicyclic) bond motifs is 1. The van der Waals surface area contributed by atoms with Gasteiger partial charge in [-0.05, 0) is 73.7 Å². The zero-order valence-corrected chi connectivity index (χ0v) is 18.3. The van der Waals surface area contributed by atoms with Crippen molar-refractivity contribution >= 4 is 45.8 Å². The zero-order valence-electron chi connectivity index (χ0n) is 16.1. The minimum Gasteiger partial charge on any atom is -0.317 e. The SMILES string of the molecule is CCn1c(N/N=C\c2cc(C)n(-c3ccccc3I)c2C)nc2ccccc21. The molecule has 0 atom stereocenters. The average molecular weight is 483 g/mol. The third-order valence-electron chi connectivity index (χ3n) is 4.90. The molecule has 0 fully saturated rings. The number of aryl methyl sites for hydroxylation is 2. The number of para-hydroxylation sites is 3. The van der Waals surface area contributed by atoms with Crippen molar-refractivity contribution in [1.29, 1.82) is 0 Å². The molecule has 0 saturated carbocycles. The molecular formula is C22H22IN5. The third kappa shape index (κ3) is 3.32. The Labute approximate surface area is 178 Å². The fourth-order valence-corrected chi connectivity index (χ4v) is 4.19. The molecule has 0 aliphatic heterocycles. The second kappa shape index (κ2) is 7.79. The Kier molecular flexibility index (Phi) is 5.21. The number of halogens is 1. The first kappa shape index (κ1) is 18.7. The summed E-state index contributed by atoms with van der Waals surface area (Å²) in [6.45, 7) is 7.19. The molecular weight excluding hydrogens is 461 g/mol. The van der Waals surface area contributed by atoms with Gasteiger partial charge in [0.25, 0.3) is 0 Å². The molecule has 1 N–H and O–H groups in total. The number of hydrogen-bond acceptors (Lipinski definition) is 3. The molecule has 2 heterocycles. The van der Waals surface area contributed by atoms with Crippen molar-refractivity contribution in [2.24, 2.45) is 5.10 Å². The Bertz CT molecular complexity index is 1170. The molecule has 142 valence electrons. The summed E-state index contributed by atoms with van der Waals surface area (Å²) in [6, 6.07) is 18.7. The maximum absolute atomic E-state index is 4.65. The lowest BCUT2D eigenvalue weighted by Gasteiger charge is -2.11.